The average Bonchev–Trinajstić information content (AvgIpc) is 2.39. The standard InChI is InChI=1S/C15H19N3O/c1-3-19-14-7-5-4-6-13(14)15-17-11(2)10-12(18-15)8-9-16/h4-7,10H,3,8-9,16H2,1-2H3. The van der Waals surface area contributed by atoms with Crippen LogP contribution in [0.5, 0.6) is 5.75 Å². The maximum atomic E-state index is 5.63. The molecule has 1 heterocycles. The molecule has 0 fully saturated rings. The van der Waals surface area contributed by atoms with Gasteiger partial charge >= 0.3 is 0 Å². The molecule has 0 aliphatic rings. The second kappa shape index (κ2) is 6.29. The molecule has 2 rings (SSSR count). The number of ether oxygens (including phenoxy) is 1. The molecule has 2 aromatic rings. The second-order valence-electron chi connectivity index (χ2n) is 4.29. The second-order valence-corrected chi connectivity index (χ2v) is 4.29. The summed E-state index contributed by atoms with van der Waals surface area (Å²) in [7, 11) is 0. The normalized spacial score (nSPS) is 10.5. The van der Waals surface area contributed by atoms with E-state index in [0.29, 0.717) is 19.0 Å². The topological polar surface area (TPSA) is 61.0 Å². The number of aromatic nitrogens is 2. The van der Waals surface area contributed by atoms with Crippen molar-refractivity contribution < 1.29 is 4.74 Å². The molecular formula is C15H19N3O. The number of aryl methyl sites for hydroxylation is 1. The van der Waals surface area contributed by atoms with Crippen molar-refractivity contribution in [3.63, 3.8) is 0 Å². The maximum absolute atomic E-state index is 5.63. The van der Waals surface area contributed by atoms with Crippen LogP contribution in [0.4, 0.5) is 0 Å². The van der Waals surface area contributed by atoms with Gasteiger partial charge in [-0.15, -0.1) is 0 Å². The summed E-state index contributed by atoms with van der Waals surface area (Å²) in [4.78, 5) is 9.06. The van der Waals surface area contributed by atoms with Crippen molar-refractivity contribution in [1.82, 2.24) is 9.97 Å². The Morgan fingerprint density at radius 2 is 2.00 bits per heavy atom. The van der Waals surface area contributed by atoms with Crippen LogP contribution in [0.15, 0.2) is 30.3 Å². The molecule has 0 amide bonds. The minimum absolute atomic E-state index is 0.586. The van der Waals surface area contributed by atoms with E-state index in [-0.39, 0.29) is 0 Å². The first-order valence-corrected chi connectivity index (χ1v) is 6.51. The van der Waals surface area contributed by atoms with Crippen LogP contribution in [0.25, 0.3) is 11.4 Å². The van der Waals surface area contributed by atoms with Crippen LogP contribution in [0.3, 0.4) is 0 Å². The zero-order chi connectivity index (χ0) is 13.7. The Morgan fingerprint density at radius 1 is 1.21 bits per heavy atom. The summed E-state index contributed by atoms with van der Waals surface area (Å²) in [6.07, 6.45) is 0.757. The lowest BCUT2D eigenvalue weighted by atomic mass is 10.1. The first-order valence-electron chi connectivity index (χ1n) is 6.51. The molecule has 4 heteroatoms. The van der Waals surface area contributed by atoms with Gasteiger partial charge in [-0.25, -0.2) is 9.97 Å². The van der Waals surface area contributed by atoms with E-state index in [2.05, 4.69) is 9.97 Å². The van der Waals surface area contributed by atoms with Gasteiger partial charge in [-0.1, -0.05) is 12.1 Å². The largest absolute Gasteiger partial charge is 0.493 e. The quantitative estimate of drug-likeness (QED) is 0.893. The van der Waals surface area contributed by atoms with Crippen molar-refractivity contribution in [2.24, 2.45) is 5.73 Å². The molecule has 19 heavy (non-hydrogen) atoms. The first-order chi connectivity index (χ1) is 9.24. The lowest BCUT2D eigenvalue weighted by Gasteiger charge is -2.10. The van der Waals surface area contributed by atoms with Gasteiger partial charge in [0.2, 0.25) is 0 Å². The summed E-state index contributed by atoms with van der Waals surface area (Å²) < 4.78 is 5.63. The fraction of sp³-hybridized carbons (Fsp3) is 0.333. The summed E-state index contributed by atoms with van der Waals surface area (Å²) in [6.45, 7) is 5.14. The summed E-state index contributed by atoms with van der Waals surface area (Å²) in [5, 5.41) is 0. The lowest BCUT2D eigenvalue weighted by Crippen LogP contribution is -2.06. The Bertz CT molecular complexity index is 555. The Kier molecular flexibility index (Phi) is 4.47. The van der Waals surface area contributed by atoms with Crippen molar-refractivity contribution in [3.8, 4) is 17.1 Å². The minimum Gasteiger partial charge on any atom is -0.493 e. The molecule has 0 aliphatic carbocycles. The van der Waals surface area contributed by atoms with Crippen LogP contribution in [-0.2, 0) is 6.42 Å². The summed E-state index contributed by atoms with van der Waals surface area (Å²) in [6, 6.07) is 9.80. The maximum Gasteiger partial charge on any atom is 0.163 e. The molecule has 0 spiro atoms. The zero-order valence-electron chi connectivity index (χ0n) is 11.4. The average molecular weight is 257 g/mol. The molecule has 0 saturated carbocycles. The molecule has 4 nitrogen and oxygen atoms in total. The van der Waals surface area contributed by atoms with Crippen LogP contribution in [0, 0.1) is 6.92 Å². The van der Waals surface area contributed by atoms with Crippen molar-refractivity contribution in [2.75, 3.05) is 13.2 Å². The van der Waals surface area contributed by atoms with E-state index in [0.717, 1.165) is 29.1 Å². The third kappa shape index (κ3) is 3.29. The van der Waals surface area contributed by atoms with Gasteiger partial charge in [-0.3, -0.25) is 0 Å². The molecule has 100 valence electrons. The van der Waals surface area contributed by atoms with Crippen molar-refractivity contribution in [1.29, 1.82) is 0 Å². The SMILES string of the molecule is CCOc1ccccc1-c1nc(C)cc(CCN)n1. The highest BCUT2D eigenvalue weighted by atomic mass is 16.5. The van der Waals surface area contributed by atoms with E-state index in [9.17, 15) is 0 Å². The summed E-state index contributed by atoms with van der Waals surface area (Å²) >= 11 is 0. The number of nitrogens with two attached hydrogens (primary N) is 1. The molecule has 0 radical (unpaired) electrons. The highest BCUT2D eigenvalue weighted by Gasteiger charge is 2.10. The Labute approximate surface area is 113 Å². The van der Waals surface area contributed by atoms with Crippen molar-refractivity contribution in [3.05, 3.63) is 41.7 Å². The molecular weight excluding hydrogens is 238 g/mol. The van der Waals surface area contributed by atoms with E-state index in [1.807, 2.05) is 44.2 Å². The van der Waals surface area contributed by atoms with Crippen LogP contribution < -0.4 is 10.5 Å². The van der Waals surface area contributed by atoms with Gasteiger partial charge < -0.3 is 10.5 Å². The van der Waals surface area contributed by atoms with E-state index in [1.165, 1.54) is 0 Å². The molecule has 0 bridgehead atoms. The smallest absolute Gasteiger partial charge is 0.163 e. The highest BCUT2D eigenvalue weighted by molar-refractivity contribution is 5.64. The predicted octanol–water partition coefficient (Wildman–Crippen LogP) is 2.35. The van der Waals surface area contributed by atoms with Gasteiger partial charge in [0.1, 0.15) is 5.75 Å². The fourth-order valence-corrected chi connectivity index (χ4v) is 1.96. The molecule has 0 saturated heterocycles. The monoisotopic (exact) mass is 257 g/mol. The summed E-state index contributed by atoms with van der Waals surface area (Å²) in [5.74, 6) is 1.52. The van der Waals surface area contributed by atoms with Crippen LogP contribution in [0.2, 0.25) is 0 Å². The van der Waals surface area contributed by atoms with Crippen LogP contribution in [0.1, 0.15) is 18.3 Å². The number of hydrogen-bond acceptors (Lipinski definition) is 4. The van der Waals surface area contributed by atoms with E-state index >= 15 is 0 Å². The van der Waals surface area contributed by atoms with E-state index in [1.54, 1.807) is 0 Å². The fourth-order valence-electron chi connectivity index (χ4n) is 1.96. The van der Waals surface area contributed by atoms with Gasteiger partial charge in [0.25, 0.3) is 0 Å². The third-order valence-electron chi connectivity index (χ3n) is 2.74. The lowest BCUT2D eigenvalue weighted by molar-refractivity contribution is 0.341. The van der Waals surface area contributed by atoms with Gasteiger partial charge in [0.05, 0.1) is 12.2 Å². The van der Waals surface area contributed by atoms with Gasteiger partial charge in [-0.2, -0.15) is 0 Å². The zero-order valence-corrected chi connectivity index (χ0v) is 11.4. The number of nitrogens with zero attached hydrogens (tertiary/aromatic N) is 2. The number of rotatable bonds is 5. The Hall–Kier alpha value is -1.94. The van der Waals surface area contributed by atoms with Crippen molar-refractivity contribution in [2.45, 2.75) is 20.3 Å². The molecule has 0 atom stereocenters. The van der Waals surface area contributed by atoms with E-state index in [4.69, 9.17) is 10.5 Å². The van der Waals surface area contributed by atoms with Gasteiger partial charge in [0, 0.05) is 17.8 Å². The van der Waals surface area contributed by atoms with Crippen LogP contribution in [-0.4, -0.2) is 23.1 Å². The van der Waals surface area contributed by atoms with Crippen LogP contribution >= 0.6 is 0 Å². The Balaban J connectivity index is 2.46. The van der Waals surface area contributed by atoms with E-state index < -0.39 is 0 Å². The van der Waals surface area contributed by atoms with Gasteiger partial charge in [0.15, 0.2) is 5.82 Å². The predicted molar refractivity (Wildman–Crippen MR) is 76.1 cm³/mol. The number of para-hydroxylation sites is 1. The number of benzene rings is 1. The minimum atomic E-state index is 0.586. The molecule has 1 aromatic heterocycles. The Morgan fingerprint density at radius 3 is 2.74 bits per heavy atom. The van der Waals surface area contributed by atoms with Crippen molar-refractivity contribution >= 4 is 0 Å². The van der Waals surface area contributed by atoms with Gasteiger partial charge in [-0.05, 0) is 38.6 Å². The molecule has 2 N–H and O–H groups in total. The highest BCUT2D eigenvalue weighted by Crippen LogP contribution is 2.27. The first kappa shape index (κ1) is 13.5. The number of hydrogen-bond donors (Lipinski definition) is 1. The third-order valence-corrected chi connectivity index (χ3v) is 2.74. The molecule has 0 unspecified atom stereocenters. The summed E-state index contributed by atoms with van der Waals surface area (Å²) in [5.41, 5.74) is 8.43. The molecule has 1 aromatic carbocycles. The molecule has 0 aliphatic heterocycles.